The van der Waals surface area contributed by atoms with Crippen molar-refractivity contribution < 1.29 is 5.11 Å². The van der Waals surface area contributed by atoms with Gasteiger partial charge in [-0.3, -0.25) is 4.90 Å². The first-order valence-corrected chi connectivity index (χ1v) is 5.89. The molecule has 2 nitrogen and oxygen atoms in total. The fourth-order valence-corrected chi connectivity index (χ4v) is 2.10. The van der Waals surface area contributed by atoms with E-state index in [0.29, 0.717) is 11.6 Å². The molecule has 4 heteroatoms. The lowest BCUT2D eigenvalue weighted by atomic mass is 10.1. The van der Waals surface area contributed by atoms with Gasteiger partial charge in [-0.2, -0.15) is 0 Å². The van der Waals surface area contributed by atoms with E-state index in [4.69, 9.17) is 23.2 Å². The third-order valence-electron chi connectivity index (χ3n) is 2.68. The minimum Gasteiger partial charge on any atom is -0.395 e. The zero-order valence-electron chi connectivity index (χ0n) is 8.25. The highest BCUT2D eigenvalue weighted by Crippen LogP contribution is 2.18. The molecule has 0 amide bonds. The predicted molar refractivity (Wildman–Crippen MR) is 60.7 cm³/mol. The molecule has 0 saturated carbocycles. The summed E-state index contributed by atoms with van der Waals surface area (Å²) in [4.78, 5) is 2.22. The highest BCUT2D eigenvalue weighted by atomic mass is 35.5. The molecule has 82 valence electrons. The first-order valence-electron chi connectivity index (χ1n) is 5.07. The van der Waals surface area contributed by atoms with Crippen molar-refractivity contribution in [3.05, 3.63) is 10.6 Å². The maximum Gasteiger partial charge on any atom is 0.0587 e. The van der Waals surface area contributed by atoms with Crippen LogP contribution in [0.4, 0.5) is 0 Å². The molecule has 0 aromatic rings. The Morgan fingerprint density at radius 2 is 2.21 bits per heavy atom. The highest BCUT2D eigenvalue weighted by Gasteiger charge is 2.20. The fraction of sp³-hybridized carbons (Fsp3) is 0.800. The topological polar surface area (TPSA) is 23.5 Å². The number of aliphatic hydroxyl groups is 1. The number of hydrogen-bond acceptors (Lipinski definition) is 2. The molecule has 1 heterocycles. The van der Waals surface area contributed by atoms with Crippen LogP contribution in [-0.2, 0) is 0 Å². The average Bonchev–Trinajstić information content (AvgIpc) is 2.42. The number of likely N-dealkylation sites (tertiary alicyclic amines) is 1. The quantitative estimate of drug-likeness (QED) is 0.816. The fourth-order valence-electron chi connectivity index (χ4n) is 1.88. The minimum atomic E-state index is 0.215. The number of rotatable bonds is 3. The molecule has 0 radical (unpaired) electrons. The summed E-state index contributed by atoms with van der Waals surface area (Å²) in [5.74, 6) is 0. The normalized spacial score (nSPS) is 26.2. The van der Waals surface area contributed by atoms with E-state index in [1.165, 1.54) is 24.8 Å². The Kier molecular flexibility index (Phi) is 5.87. The lowest BCUT2D eigenvalue weighted by Crippen LogP contribution is -2.38. The van der Waals surface area contributed by atoms with Crippen LogP contribution in [0.25, 0.3) is 0 Å². The highest BCUT2D eigenvalue weighted by molar-refractivity contribution is 6.36. The summed E-state index contributed by atoms with van der Waals surface area (Å²) in [7, 11) is 0. The third kappa shape index (κ3) is 3.77. The molecule has 1 aliphatic rings. The van der Waals surface area contributed by atoms with Crippen LogP contribution in [0.2, 0.25) is 0 Å². The van der Waals surface area contributed by atoms with Crippen molar-refractivity contribution in [3.63, 3.8) is 0 Å². The molecule has 1 unspecified atom stereocenters. The van der Waals surface area contributed by atoms with Gasteiger partial charge in [0.25, 0.3) is 0 Å². The van der Waals surface area contributed by atoms with Crippen molar-refractivity contribution in [3.8, 4) is 0 Å². The number of halogens is 2. The van der Waals surface area contributed by atoms with E-state index in [1.807, 2.05) is 0 Å². The molecule has 1 rings (SSSR count). The van der Waals surface area contributed by atoms with Crippen molar-refractivity contribution in [2.75, 3.05) is 19.7 Å². The van der Waals surface area contributed by atoms with Crippen molar-refractivity contribution in [2.24, 2.45) is 0 Å². The van der Waals surface area contributed by atoms with Gasteiger partial charge in [0, 0.05) is 23.2 Å². The summed E-state index contributed by atoms with van der Waals surface area (Å²) in [6.45, 7) is 1.88. The second kappa shape index (κ2) is 6.67. The van der Waals surface area contributed by atoms with Gasteiger partial charge in [-0.1, -0.05) is 36.0 Å². The maximum absolute atomic E-state index is 9.23. The summed E-state index contributed by atoms with van der Waals surface area (Å²) >= 11 is 11.4. The second-order valence-corrected chi connectivity index (χ2v) is 4.42. The Bertz CT molecular complexity index is 197. The average molecular weight is 238 g/mol. The molecule has 0 aliphatic carbocycles. The first-order chi connectivity index (χ1) is 6.77. The van der Waals surface area contributed by atoms with Crippen molar-refractivity contribution in [1.82, 2.24) is 4.90 Å². The lowest BCUT2D eigenvalue weighted by Gasteiger charge is -2.27. The smallest absolute Gasteiger partial charge is 0.0587 e. The zero-order valence-corrected chi connectivity index (χ0v) is 9.77. The Morgan fingerprint density at radius 1 is 1.43 bits per heavy atom. The Morgan fingerprint density at radius 3 is 2.86 bits per heavy atom. The molecule has 1 atom stereocenters. The van der Waals surface area contributed by atoms with Crippen LogP contribution < -0.4 is 0 Å². The van der Waals surface area contributed by atoms with Crippen molar-refractivity contribution >= 4 is 23.2 Å². The molecule has 0 aromatic carbocycles. The number of hydrogen-bond donors (Lipinski definition) is 1. The molecule has 1 N–H and O–H groups in total. The molecule has 1 saturated heterocycles. The van der Waals surface area contributed by atoms with Gasteiger partial charge in [0.2, 0.25) is 0 Å². The first kappa shape index (κ1) is 12.3. The molecular formula is C10H17Cl2NO. The lowest BCUT2D eigenvalue weighted by molar-refractivity contribution is 0.135. The van der Waals surface area contributed by atoms with E-state index < -0.39 is 0 Å². The predicted octanol–water partition coefficient (Wildman–Crippen LogP) is 2.54. The van der Waals surface area contributed by atoms with E-state index >= 15 is 0 Å². The molecule has 1 aliphatic heterocycles. The molecule has 0 bridgehead atoms. The Hall–Kier alpha value is 0.240. The van der Waals surface area contributed by atoms with E-state index in [0.717, 1.165) is 13.0 Å². The van der Waals surface area contributed by atoms with Gasteiger partial charge in [-0.05, 0) is 19.4 Å². The molecule has 14 heavy (non-hydrogen) atoms. The van der Waals surface area contributed by atoms with Gasteiger partial charge in [0.05, 0.1) is 6.61 Å². The molecule has 1 fully saturated rings. The van der Waals surface area contributed by atoms with Crippen LogP contribution in [0.3, 0.4) is 0 Å². The molecular weight excluding hydrogens is 221 g/mol. The summed E-state index contributed by atoms with van der Waals surface area (Å²) in [6.07, 6.45) is 4.69. The Labute approximate surface area is 95.5 Å². The van der Waals surface area contributed by atoms with E-state index in [2.05, 4.69) is 4.90 Å². The van der Waals surface area contributed by atoms with E-state index in [1.54, 1.807) is 0 Å². The van der Waals surface area contributed by atoms with Crippen LogP contribution >= 0.6 is 23.2 Å². The van der Waals surface area contributed by atoms with Gasteiger partial charge in [0.1, 0.15) is 0 Å². The van der Waals surface area contributed by atoms with Crippen LogP contribution in [0.5, 0.6) is 0 Å². The Balaban J connectivity index is 2.52. The van der Waals surface area contributed by atoms with E-state index in [-0.39, 0.29) is 12.6 Å². The summed E-state index contributed by atoms with van der Waals surface area (Å²) in [5.41, 5.74) is 1.40. The number of aliphatic hydroxyl groups excluding tert-OH is 1. The van der Waals surface area contributed by atoms with Crippen molar-refractivity contribution in [1.29, 1.82) is 0 Å². The summed E-state index contributed by atoms with van der Waals surface area (Å²) in [6, 6.07) is 0.253. The van der Waals surface area contributed by atoms with Gasteiger partial charge in [-0.15, -0.1) is 0 Å². The van der Waals surface area contributed by atoms with Gasteiger partial charge in [0.15, 0.2) is 0 Å². The maximum atomic E-state index is 9.23. The van der Waals surface area contributed by atoms with Gasteiger partial charge in [-0.25, -0.2) is 0 Å². The zero-order chi connectivity index (χ0) is 10.4. The molecule has 0 spiro atoms. The monoisotopic (exact) mass is 237 g/mol. The van der Waals surface area contributed by atoms with Crippen LogP contribution in [0.1, 0.15) is 25.7 Å². The van der Waals surface area contributed by atoms with Gasteiger partial charge < -0.3 is 5.11 Å². The minimum absolute atomic E-state index is 0.215. The second-order valence-electron chi connectivity index (χ2n) is 3.71. The SMILES string of the molecule is OCC1CCCCCN1C/C(Cl)=C/Cl. The number of nitrogens with zero attached hydrogens (tertiary/aromatic N) is 1. The van der Waals surface area contributed by atoms with Crippen molar-refractivity contribution in [2.45, 2.75) is 31.7 Å². The van der Waals surface area contributed by atoms with Crippen LogP contribution in [0.15, 0.2) is 10.6 Å². The van der Waals surface area contributed by atoms with E-state index in [9.17, 15) is 5.11 Å². The summed E-state index contributed by atoms with van der Waals surface area (Å²) < 4.78 is 0. The standard InChI is InChI=1S/C10H17Cl2NO/c11-6-9(12)7-13-5-3-1-2-4-10(13)8-14/h6,10,14H,1-5,7-8H2/b9-6-. The van der Waals surface area contributed by atoms with Crippen LogP contribution in [-0.4, -0.2) is 35.7 Å². The third-order valence-corrected chi connectivity index (χ3v) is 3.29. The summed E-state index contributed by atoms with van der Waals surface area (Å²) in [5, 5.41) is 9.88. The van der Waals surface area contributed by atoms with Crippen LogP contribution in [0, 0.1) is 0 Å². The van der Waals surface area contributed by atoms with Gasteiger partial charge >= 0.3 is 0 Å². The molecule has 0 aromatic heterocycles. The largest absolute Gasteiger partial charge is 0.395 e.